The molecule has 0 aliphatic heterocycles. The third kappa shape index (κ3) is 7.40. The summed E-state index contributed by atoms with van der Waals surface area (Å²) in [5, 5.41) is 11.4. The first kappa shape index (κ1) is 40.1. The summed E-state index contributed by atoms with van der Waals surface area (Å²) in [4.78, 5) is 34.8. The Morgan fingerprint density at radius 3 is 2.20 bits per heavy atom. The molecule has 5 unspecified atom stereocenters. The van der Waals surface area contributed by atoms with Gasteiger partial charge in [0.1, 0.15) is 5.60 Å². The maximum absolute atomic E-state index is 17.2. The summed E-state index contributed by atoms with van der Waals surface area (Å²) >= 11 is 1.05. The van der Waals surface area contributed by atoms with Crippen LogP contribution in [-0.2, 0) is 28.6 Å². The minimum atomic E-state index is -1.93. The number of hydrogen-bond donors (Lipinski definition) is 1. The molecule has 0 bridgehead atoms. The van der Waals surface area contributed by atoms with Crippen LogP contribution in [0.2, 0.25) is 0 Å². The number of carbonyl (C=O) groups excluding carboxylic acids is 3. The number of thioether (sulfide) groups is 1. The second kappa shape index (κ2) is 17.1. The van der Waals surface area contributed by atoms with Crippen molar-refractivity contribution in [1.29, 1.82) is 0 Å². The fraction of sp³-hybridized carbons (Fsp3) is 0.583. The van der Waals surface area contributed by atoms with Gasteiger partial charge in [0.2, 0.25) is 0 Å². The molecule has 7 nitrogen and oxygen atoms in total. The van der Waals surface area contributed by atoms with Crippen LogP contribution in [0.15, 0.2) is 74.2 Å². The Kier molecular flexibility index (Phi) is 15.3. The lowest BCUT2D eigenvalue weighted by atomic mass is 9.43. The summed E-state index contributed by atoms with van der Waals surface area (Å²) in [6, 6.07) is 0. The van der Waals surface area contributed by atoms with Crippen LogP contribution in [0.4, 0.5) is 4.39 Å². The third-order valence-corrected chi connectivity index (χ3v) is 11.0. The number of allylic oxidation sites excluding steroid dienone is 6. The number of halogens is 1. The van der Waals surface area contributed by atoms with Crippen LogP contribution in [0.1, 0.15) is 74.7 Å². The predicted octanol–water partition coefficient (Wildman–Crippen LogP) is 8.07. The van der Waals surface area contributed by atoms with E-state index >= 15 is 4.39 Å². The molecular formula is C36H53FO7S. The lowest BCUT2D eigenvalue weighted by Crippen LogP contribution is -2.69. The molecule has 0 aromatic rings. The van der Waals surface area contributed by atoms with Crippen LogP contribution in [0, 0.1) is 34.5 Å². The molecule has 4 rings (SSSR count). The number of ketones is 1. The summed E-state index contributed by atoms with van der Waals surface area (Å²) in [5.41, 5.74) is -3.13. The standard InChI is InChI=1S/C24H31FO5S.C6H10O.C4H6O.C2H6/c1-14-7-19-18-8-15(2)23(30-12-26,11-31-13-27)22(18,4)10-20(29)24(19,25)21(3)6-5-16(28)9-17(14)21;1-4-6(3)7-5-2;1-3-5-4-2;1-2/h5-6,9,12-15,18-20,29H,7-8,10-11H2,1-4H3;4-5H,2H2,1,3H3;3-4H,1-2H2;1-2H3/b;6-4-;;/t14-,15+,18?,19?,20?,21?,22?,23+,24-;;;/m0.../s1. The van der Waals surface area contributed by atoms with Crippen LogP contribution < -0.4 is 0 Å². The number of aliphatic hydroxyl groups is 1. The van der Waals surface area contributed by atoms with Crippen molar-refractivity contribution in [3.8, 4) is 0 Å². The quantitative estimate of drug-likeness (QED) is 0.198. The van der Waals surface area contributed by atoms with Crippen molar-refractivity contribution in [2.75, 3.05) is 5.75 Å². The topological polar surface area (TPSA) is 99.1 Å². The molecular weight excluding hydrogens is 595 g/mol. The molecule has 4 aliphatic rings. The molecule has 0 radical (unpaired) electrons. The zero-order valence-corrected chi connectivity index (χ0v) is 29.0. The van der Waals surface area contributed by atoms with E-state index < -0.39 is 34.1 Å². The largest absolute Gasteiger partial charge is 0.474 e. The molecule has 3 saturated carbocycles. The molecule has 45 heavy (non-hydrogen) atoms. The van der Waals surface area contributed by atoms with Gasteiger partial charge in [-0.15, -0.1) is 0 Å². The molecule has 3 fully saturated rings. The Hall–Kier alpha value is -2.91. The zero-order valence-electron chi connectivity index (χ0n) is 28.2. The van der Waals surface area contributed by atoms with Crippen LogP contribution in [0.3, 0.4) is 0 Å². The van der Waals surface area contributed by atoms with E-state index in [4.69, 9.17) is 9.47 Å². The summed E-state index contributed by atoms with van der Waals surface area (Å²) < 4.78 is 32.2. The van der Waals surface area contributed by atoms with Gasteiger partial charge in [0.25, 0.3) is 6.47 Å². The van der Waals surface area contributed by atoms with Gasteiger partial charge < -0.3 is 19.3 Å². The van der Waals surface area contributed by atoms with Crippen molar-refractivity contribution in [2.24, 2.45) is 34.5 Å². The number of alkyl halides is 1. The highest BCUT2D eigenvalue weighted by atomic mass is 32.2. The first-order valence-corrected chi connectivity index (χ1v) is 16.6. The molecule has 0 aromatic heterocycles. The highest BCUT2D eigenvalue weighted by Crippen LogP contribution is 2.72. The first-order chi connectivity index (χ1) is 21.2. The van der Waals surface area contributed by atoms with Gasteiger partial charge in [0.05, 0.1) is 30.6 Å². The van der Waals surface area contributed by atoms with Crippen molar-refractivity contribution < 1.29 is 38.1 Å². The summed E-state index contributed by atoms with van der Waals surface area (Å²) in [5.74, 6) is 0.341. The number of aliphatic hydroxyl groups excluding tert-OH is 1. The molecule has 252 valence electrons. The molecule has 4 aliphatic carbocycles. The third-order valence-electron chi connectivity index (χ3n) is 10.2. The van der Waals surface area contributed by atoms with Crippen LogP contribution in [-0.4, -0.2) is 46.1 Å². The van der Waals surface area contributed by atoms with E-state index in [1.165, 1.54) is 24.9 Å². The van der Waals surface area contributed by atoms with E-state index in [-0.39, 0.29) is 35.7 Å². The normalized spacial score (nSPS) is 37.4. The fourth-order valence-electron chi connectivity index (χ4n) is 8.11. The Morgan fingerprint density at radius 2 is 1.73 bits per heavy atom. The van der Waals surface area contributed by atoms with E-state index in [2.05, 4.69) is 24.5 Å². The molecule has 1 N–H and O–H groups in total. The highest BCUT2D eigenvalue weighted by Gasteiger charge is 2.75. The minimum Gasteiger partial charge on any atom is -0.474 e. The average Bonchev–Trinajstić information content (AvgIpc) is 3.22. The van der Waals surface area contributed by atoms with Gasteiger partial charge in [0.15, 0.2) is 17.1 Å². The van der Waals surface area contributed by atoms with E-state index in [0.29, 0.717) is 19.3 Å². The van der Waals surface area contributed by atoms with Crippen molar-refractivity contribution in [1.82, 2.24) is 0 Å². The van der Waals surface area contributed by atoms with Gasteiger partial charge in [-0.25, -0.2) is 4.39 Å². The van der Waals surface area contributed by atoms with Crippen molar-refractivity contribution in [3.05, 3.63) is 74.2 Å². The molecule has 0 spiro atoms. The lowest BCUT2D eigenvalue weighted by Gasteiger charge is -2.64. The van der Waals surface area contributed by atoms with Crippen molar-refractivity contribution in [3.63, 3.8) is 0 Å². The van der Waals surface area contributed by atoms with Crippen LogP contribution in [0.25, 0.3) is 0 Å². The SMILES string of the molecule is C=CO/C(C)=C\C.C=COC=C.CC.C[C@@H]1CC2C3C[C@H](C)C4=CC(=O)C=CC4(C)[C@@]3(F)C(O)CC2(C)[C@]1(CSC=O)OC=O. The molecule has 0 heterocycles. The monoisotopic (exact) mass is 648 g/mol. The average molecular weight is 649 g/mol. The maximum Gasteiger partial charge on any atom is 0.293 e. The second-order valence-electron chi connectivity index (χ2n) is 12.1. The highest BCUT2D eigenvalue weighted by molar-refractivity contribution is 8.11. The second-order valence-corrected chi connectivity index (χ2v) is 12.9. The number of fused-ring (bicyclic) bond motifs is 5. The number of ether oxygens (including phenoxy) is 3. The number of rotatable bonds is 9. The summed E-state index contributed by atoms with van der Waals surface area (Å²) in [6.07, 6.45) is 10.5. The van der Waals surface area contributed by atoms with E-state index in [1.807, 2.05) is 54.5 Å². The van der Waals surface area contributed by atoms with Crippen LogP contribution >= 0.6 is 11.8 Å². The maximum atomic E-state index is 17.2. The lowest BCUT2D eigenvalue weighted by molar-refractivity contribution is -0.224. The first-order valence-electron chi connectivity index (χ1n) is 15.5. The van der Waals surface area contributed by atoms with Gasteiger partial charge in [-0.2, -0.15) is 0 Å². The van der Waals surface area contributed by atoms with Gasteiger partial charge in [-0.05, 0) is 76.0 Å². The summed E-state index contributed by atoms with van der Waals surface area (Å²) in [7, 11) is 0. The van der Waals surface area contributed by atoms with Gasteiger partial charge in [0, 0.05) is 22.5 Å². The minimum absolute atomic E-state index is 0.0102. The smallest absolute Gasteiger partial charge is 0.293 e. The van der Waals surface area contributed by atoms with E-state index in [0.717, 1.165) is 28.7 Å². The molecule has 0 saturated heterocycles. The van der Waals surface area contributed by atoms with Gasteiger partial charge >= 0.3 is 0 Å². The molecule has 9 atom stereocenters. The van der Waals surface area contributed by atoms with Crippen molar-refractivity contribution >= 4 is 29.6 Å². The Bertz CT molecular complexity index is 1160. The van der Waals surface area contributed by atoms with E-state index in [1.54, 1.807) is 19.1 Å². The fourth-order valence-corrected chi connectivity index (χ4v) is 9.11. The van der Waals surface area contributed by atoms with Crippen LogP contribution in [0.5, 0.6) is 0 Å². The van der Waals surface area contributed by atoms with Gasteiger partial charge in [-0.3, -0.25) is 14.4 Å². The molecule has 9 heteroatoms. The number of hydrogen-bond acceptors (Lipinski definition) is 8. The molecule has 0 amide bonds. The van der Waals surface area contributed by atoms with E-state index in [9.17, 15) is 19.5 Å². The Labute approximate surface area is 273 Å². The zero-order chi connectivity index (χ0) is 34.6. The van der Waals surface area contributed by atoms with Gasteiger partial charge in [-0.1, -0.05) is 77.8 Å². The Morgan fingerprint density at radius 1 is 1.11 bits per heavy atom. The predicted molar refractivity (Wildman–Crippen MR) is 180 cm³/mol. The molecule has 0 aromatic carbocycles. The summed E-state index contributed by atoms with van der Waals surface area (Å²) in [6.45, 7) is 25.9. The number of carbonyl (C=O) groups is 3. The Balaban J connectivity index is 0.000000610. The van der Waals surface area contributed by atoms with Crippen molar-refractivity contribution in [2.45, 2.75) is 92.0 Å².